The fourth-order valence-corrected chi connectivity index (χ4v) is 3.66. The predicted molar refractivity (Wildman–Crippen MR) is 77.2 cm³/mol. The van der Waals surface area contributed by atoms with Crippen molar-refractivity contribution < 1.29 is 4.42 Å². The summed E-state index contributed by atoms with van der Waals surface area (Å²) in [5.41, 5.74) is 1.47. The Morgan fingerprint density at radius 3 is 2.95 bits per heavy atom. The number of aryl methyl sites for hydroxylation is 1. The minimum absolute atomic E-state index is 0.627. The van der Waals surface area contributed by atoms with E-state index in [2.05, 4.69) is 23.2 Å². The molecule has 1 N–H and O–H groups in total. The minimum atomic E-state index is 0.627. The van der Waals surface area contributed by atoms with Crippen molar-refractivity contribution in [2.45, 2.75) is 45.1 Å². The van der Waals surface area contributed by atoms with Crippen molar-refractivity contribution in [2.75, 3.05) is 26.2 Å². The second-order valence-corrected chi connectivity index (χ2v) is 5.99. The number of furan rings is 1. The monoisotopic (exact) mass is 262 g/mol. The number of fused-ring (bicyclic) bond motifs is 1. The first-order chi connectivity index (χ1) is 9.38. The zero-order valence-corrected chi connectivity index (χ0v) is 12.0. The lowest BCUT2D eigenvalue weighted by Crippen LogP contribution is -2.40. The summed E-state index contributed by atoms with van der Waals surface area (Å²) in [6, 6.07) is 2.83. The third-order valence-electron chi connectivity index (χ3n) is 4.79. The van der Waals surface area contributed by atoms with Crippen LogP contribution >= 0.6 is 0 Å². The van der Waals surface area contributed by atoms with E-state index in [0.29, 0.717) is 6.04 Å². The molecule has 1 aromatic rings. The van der Waals surface area contributed by atoms with Gasteiger partial charge in [-0.2, -0.15) is 0 Å². The van der Waals surface area contributed by atoms with E-state index < -0.39 is 0 Å². The normalized spacial score (nSPS) is 25.4. The van der Waals surface area contributed by atoms with Gasteiger partial charge in [-0.15, -0.1) is 0 Å². The van der Waals surface area contributed by atoms with Crippen LogP contribution in [0.15, 0.2) is 16.7 Å². The van der Waals surface area contributed by atoms with E-state index in [0.717, 1.165) is 18.9 Å². The van der Waals surface area contributed by atoms with Crippen molar-refractivity contribution in [3.63, 3.8) is 0 Å². The molecule has 2 aliphatic rings. The molecule has 3 rings (SSSR count). The zero-order chi connectivity index (χ0) is 13.1. The van der Waals surface area contributed by atoms with E-state index in [9.17, 15) is 0 Å². The van der Waals surface area contributed by atoms with E-state index in [4.69, 9.17) is 4.42 Å². The van der Waals surface area contributed by atoms with Crippen LogP contribution in [0.2, 0.25) is 0 Å². The van der Waals surface area contributed by atoms with Crippen LogP contribution in [0.3, 0.4) is 0 Å². The molecule has 1 saturated heterocycles. The molecule has 0 saturated carbocycles. The Morgan fingerprint density at radius 1 is 1.32 bits per heavy atom. The highest BCUT2D eigenvalue weighted by atomic mass is 16.3. The smallest absolute Gasteiger partial charge is 0.108 e. The highest BCUT2D eigenvalue weighted by molar-refractivity contribution is 5.24. The fraction of sp³-hybridized carbons (Fsp3) is 0.750. The van der Waals surface area contributed by atoms with Crippen molar-refractivity contribution in [1.29, 1.82) is 0 Å². The van der Waals surface area contributed by atoms with Crippen LogP contribution in [0.4, 0.5) is 0 Å². The molecule has 0 amide bonds. The molecule has 2 heterocycles. The topological polar surface area (TPSA) is 28.4 Å². The van der Waals surface area contributed by atoms with E-state index in [1.807, 2.05) is 6.26 Å². The number of nitrogens with zero attached hydrogens (tertiary/aromatic N) is 1. The number of hydrogen-bond acceptors (Lipinski definition) is 3. The van der Waals surface area contributed by atoms with Gasteiger partial charge in [0.2, 0.25) is 0 Å². The summed E-state index contributed by atoms with van der Waals surface area (Å²) in [5, 5.41) is 3.49. The highest BCUT2D eigenvalue weighted by Crippen LogP contribution is 2.36. The number of rotatable bonds is 4. The maximum absolute atomic E-state index is 5.61. The number of nitrogens with one attached hydrogen (secondary N) is 1. The van der Waals surface area contributed by atoms with Gasteiger partial charge in [0.1, 0.15) is 5.76 Å². The second-order valence-electron chi connectivity index (χ2n) is 5.99. The Balaban J connectivity index is 1.58. The summed E-state index contributed by atoms with van der Waals surface area (Å²) in [5.74, 6) is 2.12. The molecule has 1 unspecified atom stereocenters. The standard InChI is InChI=1S/C16H26N2O/c1-2-17-12-13-6-9-18(10-7-13)15-4-3-5-16-14(15)8-11-19-16/h8,11,13,15,17H,2-7,9-10,12H2,1H3. The molecule has 1 aliphatic heterocycles. The molecule has 3 heteroatoms. The van der Waals surface area contributed by atoms with Crippen molar-refractivity contribution in [3.8, 4) is 0 Å². The first-order valence-corrected chi connectivity index (χ1v) is 7.89. The number of hydrogen-bond donors (Lipinski definition) is 1. The number of likely N-dealkylation sites (tertiary alicyclic amines) is 1. The average Bonchev–Trinajstić information content (AvgIpc) is 2.94. The van der Waals surface area contributed by atoms with Crippen LogP contribution in [0.25, 0.3) is 0 Å². The molecule has 3 nitrogen and oxygen atoms in total. The molecule has 1 fully saturated rings. The van der Waals surface area contributed by atoms with Crippen molar-refractivity contribution in [1.82, 2.24) is 10.2 Å². The summed E-state index contributed by atoms with van der Waals surface area (Å²) < 4.78 is 5.61. The maximum atomic E-state index is 5.61. The zero-order valence-electron chi connectivity index (χ0n) is 12.0. The Bertz CT molecular complexity index is 393. The molecular formula is C16H26N2O. The van der Waals surface area contributed by atoms with Gasteiger partial charge in [0.15, 0.2) is 0 Å². The van der Waals surface area contributed by atoms with E-state index in [1.165, 1.54) is 56.6 Å². The summed E-state index contributed by atoms with van der Waals surface area (Å²) in [7, 11) is 0. The van der Waals surface area contributed by atoms with Crippen molar-refractivity contribution in [3.05, 3.63) is 23.7 Å². The lowest BCUT2D eigenvalue weighted by atomic mass is 9.89. The predicted octanol–water partition coefficient (Wildman–Crippen LogP) is 2.98. The van der Waals surface area contributed by atoms with Gasteiger partial charge in [-0.05, 0) is 63.8 Å². The molecule has 0 bridgehead atoms. The van der Waals surface area contributed by atoms with Crippen LogP contribution in [0.1, 0.15) is 50.0 Å². The maximum Gasteiger partial charge on any atom is 0.108 e. The van der Waals surface area contributed by atoms with Gasteiger partial charge in [-0.25, -0.2) is 0 Å². The van der Waals surface area contributed by atoms with Gasteiger partial charge in [0.25, 0.3) is 0 Å². The van der Waals surface area contributed by atoms with Crippen LogP contribution < -0.4 is 5.32 Å². The van der Waals surface area contributed by atoms with Gasteiger partial charge in [-0.3, -0.25) is 4.90 Å². The quantitative estimate of drug-likeness (QED) is 0.904. The summed E-state index contributed by atoms with van der Waals surface area (Å²) in [6.07, 6.45) is 8.29. The molecule has 0 spiro atoms. The summed E-state index contributed by atoms with van der Waals surface area (Å²) >= 11 is 0. The third-order valence-corrected chi connectivity index (χ3v) is 4.79. The molecule has 0 radical (unpaired) electrons. The van der Waals surface area contributed by atoms with E-state index in [-0.39, 0.29) is 0 Å². The molecule has 1 aliphatic carbocycles. The SMILES string of the molecule is CCNCC1CCN(C2CCCc3occc32)CC1. The van der Waals surface area contributed by atoms with Crippen LogP contribution in [0, 0.1) is 5.92 Å². The molecule has 106 valence electrons. The van der Waals surface area contributed by atoms with Gasteiger partial charge in [0.05, 0.1) is 6.26 Å². The number of piperidine rings is 1. The average molecular weight is 262 g/mol. The minimum Gasteiger partial charge on any atom is -0.469 e. The van der Waals surface area contributed by atoms with Crippen LogP contribution in [0.5, 0.6) is 0 Å². The Kier molecular flexibility index (Phi) is 4.24. The molecule has 0 aromatic carbocycles. The van der Waals surface area contributed by atoms with Gasteiger partial charge < -0.3 is 9.73 Å². The fourth-order valence-electron chi connectivity index (χ4n) is 3.66. The third kappa shape index (κ3) is 2.87. The van der Waals surface area contributed by atoms with Gasteiger partial charge in [0, 0.05) is 18.0 Å². The van der Waals surface area contributed by atoms with Gasteiger partial charge >= 0.3 is 0 Å². The Labute approximate surface area is 116 Å². The molecule has 1 atom stereocenters. The van der Waals surface area contributed by atoms with Crippen LogP contribution in [-0.2, 0) is 6.42 Å². The first-order valence-electron chi connectivity index (χ1n) is 7.89. The van der Waals surface area contributed by atoms with Crippen molar-refractivity contribution >= 4 is 0 Å². The second kappa shape index (κ2) is 6.10. The lowest BCUT2D eigenvalue weighted by Gasteiger charge is -2.39. The lowest BCUT2D eigenvalue weighted by molar-refractivity contribution is 0.118. The largest absolute Gasteiger partial charge is 0.469 e. The first kappa shape index (κ1) is 13.2. The van der Waals surface area contributed by atoms with E-state index in [1.54, 1.807) is 0 Å². The summed E-state index contributed by atoms with van der Waals surface area (Å²) in [4.78, 5) is 2.69. The molecule has 19 heavy (non-hydrogen) atoms. The van der Waals surface area contributed by atoms with Gasteiger partial charge in [-0.1, -0.05) is 6.92 Å². The highest BCUT2D eigenvalue weighted by Gasteiger charge is 2.30. The summed E-state index contributed by atoms with van der Waals surface area (Å²) in [6.45, 7) is 7.00. The van der Waals surface area contributed by atoms with E-state index >= 15 is 0 Å². The van der Waals surface area contributed by atoms with Crippen LogP contribution in [-0.4, -0.2) is 31.1 Å². The van der Waals surface area contributed by atoms with Crippen molar-refractivity contribution in [2.24, 2.45) is 5.92 Å². The molecular weight excluding hydrogens is 236 g/mol. The molecule has 1 aromatic heterocycles. The Morgan fingerprint density at radius 2 is 2.16 bits per heavy atom. The Hall–Kier alpha value is -0.800.